The van der Waals surface area contributed by atoms with Crippen LogP contribution in [0, 0.1) is 23.6 Å². The van der Waals surface area contributed by atoms with Gasteiger partial charge in [0, 0.05) is 30.8 Å². The smallest absolute Gasteiger partial charge is 0.260 e. The van der Waals surface area contributed by atoms with Gasteiger partial charge in [0.05, 0.1) is 19.4 Å². The van der Waals surface area contributed by atoms with Crippen LogP contribution in [0.25, 0.3) is 21.9 Å². The number of nitrogens with zero attached hydrogens (tertiary/aromatic N) is 4. The van der Waals surface area contributed by atoms with E-state index in [2.05, 4.69) is 9.74 Å². The molecule has 34 heavy (non-hydrogen) atoms. The van der Waals surface area contributed by atoms with Crippen molar-refractivity contribution in [2.75, 3.05) is 25.1 Å². The molecule has 2 aliphatic rings. The highest BCUT2D eigenvalue weighted by Gasteiger charge is 2.40. The Morgan fingerprint density at radius 2 is 1.85 bits per heavy atom. The highest BCUT2D eigenvalue weighted by molar-refractivity contribution is 5.65. The molecule has 1 aliphatic carbocycles. The van der Waals surface area contributed by atoms with Crippen molar-refractivity contribution in [1.29, 1.82) is 0 Å². The van der Waals surface area contributed by atoms with Crippen molar-refractivity contribution in [2.45, 2.75) is 32.1 Å². The van der Waals surface area contributed by atoms with Crippen LogP contribution in [-0.2, 0) is 0 Å². The van der Waals surface area contributed by atoms with Gasteiger partial charge in [-0.1, -0.05) is 25.0 Å². The first kappa shape index (κ1) is 22.1. The van der Waals surface area contributed by atoms with Gasteiger partial charge in [0.1, 0.15) is 17.5 Å². The highest BCUT2D eigenvalue weighted by Crippen LogP contribution is 2.46. The molecule has 6 nitrogen and oxygen atoms in total. The van der Waals surface area contributed by atoms with Crippen LogP contribution >= 0.6 is 0 Å². The normalized spacial score (nSPS) is 16.7. The standard InChI is InChI=1S/C26H24F2N4O2/c1-29-21-7-5-17(13-19(21)27)25-30-23(31-12-11-26(16-31)9-3-4-10-26)15-24(33)32(25)18-6-8-22(34-2)20(28)14-18/h5-8,13-15H,3-4,9-12,16H2,2H3. The van der Waals surface area contributed by atoms with E-state index in [1.807, 2.05) is 0 Å². The summed E-state index contributed by atoms with van der Waals surface area (Å²) in [5, 5.41) is 0. The number of anilines is 1. The lowest BCUT2D eigenvalue weighted by Gasteiger charge is -2.25. The number of benzene rings is 2. The first-order chi connectivity index (χ1) is 16.4. The molecule has 8 heteroatoms. The molecule has 0 unspecified atom stereocenters. The molecule has 5 rings (SSSR count). The van der Waals surface area contributed by atoms with E-state index in [1.165, 1.54) is 67.7 Å². The Hall–Kier alpha value is -3.73. The summed E-state index contributed by atoms with van der Waals surface area (Å²) in [6, 6.07) is 9.75. The van der Waals surface area contributed by atoms with Crippen LogP contribution < -0.4 is 15.2 Å². The average Bonchev–Trinajstić information content (AvgIpc) is 3.48. The van der Waals surface area contributed by atoms with E-state index in [-0.39, 0.29) is 28.4 Å². The SMILES string of the molecule is [C-]#[N+]c1ccc(-c2nc(N3CCC4(CCCC4)C3)cc(=O)n2-c2ccc(OC)c(F)c2)cc1F. The predicted octanol–water partition coefficient (Wildman–Crippen LogP) is 5.51. The second-order valence-electron chi connectivity index (χ2n) is 9.09. The van der Waals surface area contributed by atoms with Crippen molar-refractivity contribution in [1.82, 2.24) is 9.55 Å². The molecule has 1 aliphatic heterocycles. The number of methoxy groups -OCH3 is 1. The molecule has 0 bridgehead atoms. The molecule has 174 valence electrons. The molecule has 0 amide bonds. The third-order valence-electron chi connectivity index (χ3n) is 7.05. The third kappa shape index (κ3) is 3.81. The first-order valence-corrected chi connectivity index (χ1v) is 11.3. The van der Waals surface area contributed by atoms with Crippen LogP contribution in [0.1, 0.15) is 32.1 Å². The molecule has 2 fully saturated rings. The van der Waals surface area contributed by atoms with Crippen molar-refractivity contribution in [3.05, 3.63) is 75.9 Å². The Labute approximate surface area is 196 Å². The summed E-state index contributed by atoms with van der Waals surface area (Å²) in [5.74, 6) is -0.558. The van der Waals surface area contributed by atoms with E-state index in [1.54, 1.807) is 12.1 Å². The van der Waals surface area contributed by atoms with Crippen LogP contribution in [0.15, 0.2) is 47.3 Å². The van der Waals surface area contributed by atoms with Gasteiger partial charge in [0.25, 0.3) is 5.56 Å². The largest absolute Gasteiger partial charge is 0.494 e. The van der Waals surface area contributed by atoms with E-state index in [0.717, 1.165) is 19.5 Å². The number of ether oxygens (including phenoxy) is 1. The summed E-state index contributed by atoms with van der Waals surface area (Å²) in [6.45, 7) is 8.75. The van der Waals surface area contributed by atoms with Gasteiger partial charge in [-0.3, -0.25) is 9.36 Å². The minimum absolute atomic E-state index is 0.0503. The summed E-state index contributed by atoms with van der Waals surface area (Å²) >= 11 is 0. The van der Waals surface area contributed by atoms with E-state index in [0.29, 0.717) is 11.4 Å². The number of hydrogen-bond donors (Lipinski definition) is 0. The fourth-order valence-corrected chi connectivity index (χ4v) is 5.27. The molecular formula is C26H24F2N4O2. The predicted molar refractivity (Wildman–Crippen MR) is 126 cm³/mol. The van der Waals surface area contributed by atoms with Gasteiger partial charge >= 0.3 is 0 Å². The Morgan fingerprint density at radius 3 is 2.53 bits per heavy atom. The molecule has 1 saturated carbocycles. The van der Waals surface area contributed by atoms with Gasteiger partial charge in [-0.2, -0.15) is 0 Å². The Balaban J connectivity index is 1.65. The fraction of sp³-hybridized carbons (Fsp3) is 0.346. The van der Waals surface area contributed by atoms with Crippen LogP contribution in [0.5, 0.6) is 5.75 Å². The lowest BCUT2D eigenvalue weighted by Crippen LogP contribution is -2.29. The summed E-state index contributed by atoms with van der Waals surface area (Å²) in [7, 11) is 1.36. The lowest BCUT2D eigenvalue weighted by atomic mass is 9.86. The van der Waals surface area contributed by atoms with E-state index < -0.39 is 17.2 Å². The number of hydrogen-bond acceptors (Lipinski definition) is 4. The molecule has 0 N–H and O–H groups in total. The maximum absolute atomic E-state index is 14.5. The minimum atomic E-state index is -0.703. The molecule has 0 radical (unpaired) electrons. The lowest BCUT2D eigenvalue weighted by molar-refractivity contribution is 0.340. The molecule has 1 aromatic heterocycles. The zero-order valence-corrected chi connectivity index (χ0v) is 18.9. The zero-order chi connectivity index (χ0) is 23.9. The Morgan fingerprint density at radius 1 is 1.06 bits per heavy atom. The van der Waals surface area contributed by atoms with E-state index in [4.69, 9.17) is 16.3 Å². The number of halogens is 2. The Bertz CT molecular complexity index is 1360. The second-order valence-corrected chi connectivity index (χ2v) is 9.09. The highest BCUT2D eigenvalue weighted by atomic mass is 19.1. The summed E-state index contributed by atoms with van der Waals surface area (Å²) in [5.41, 5.74) is 0.341. The quantitative estimate of drug-likeness (QED) is 0.480. The van der Waals surface area contributed by atoms with E-state index >= 15 is 0 Å². The van der Waals surface area contributed by atoms with Crippen molar-refractivity contribution in [2.24, 2.45) is 5.41 Å². The maximum atomic E-state index is 14.5. The molecule has 1 spiro atoms. The van der Waals surface area contributed by atoms with Crippen LogP contribution in [-0.4, -0.2) is 29.8 Å². The van der Waals surface area contributed by atoms with Crippen molar-refractivity contribution in [3.63, 3.8) is 0 Å². The summed E-state index contributed by atoms with van der Waals surface area (Å²) in [4.78, 5) is 23.4. The van der Waals surface area contributed by atoms with Crippen molar-refractivity contribution >= 4 is 11.5 Å². The Kier molecular flexibility index (Phi) is 5.56. The monoisotopic (exact) mass is 462 g/mol. The molecule has 0 atom stereocenters. The minimum Gasteiger partial charge on any atom is -0.494 e. The molecule has 3 aromatic rings. The van der Waals surface area contributed by atoms with Gasteiger partial charge in [0.15, 0.2) is 11.6 Å². The molecular weight excluding hydrogens is 438 g/mol. The molecule has 2 aromatic carbocycles. The average molecular weight is 463 g/mol. The van der Waals surface area contributed by atoms with Crippen molar-refractivity contribution in [3.8, 4) is 22.8 Å². The topological polar surface area (TPSA) is 51.7 Å². The van der Waals surface area contributed by atoms with Crippen LogP contribution in [0.4, 0.5) is 20.3 Å². The van der Waals surface area contributed by atoms with Gasteiger partial charge in [-0.05, 0) is 42.9 Å². The van der Waals surface area contributed by atoms with Gasteiger partial charge in [-0.15, -0.1) is 0 Å². The molecule has 2 heterocycles. The summed E-state index contributed by atoms with van der Waals surface area (Å²) in [6.07, 6.45) is 5.88. The van der Waals surface area contributed by atoms with E-state index in [9.17, 15) is 13.6 Å². The van der Waals surface area contributed by atoms with Crippen LogP contribution in [0.2, 0.25) is 0 Å². The number of rotatable bonds is 4. The zero-order valence-electron chi connectivity index (χ0n) is 18.9. The number of aromatic nitrogens is 2. The van der Waals surface area contributed by atoms with Crippen molar-refractivity contribution < 1.29 is 13.5 Å². The van der Waals surface area contributed by atoms with Crippen LogP contribution in [0.3, 0.4) is 0 Å². The second kappa shape index (κ2) is 8.56. The summed E-state index contributed by atoms with van der Waals surface area (Å²) < 4.78 is 35.3. The maximum Gasteiger partial charge on any atom is 0.260 e. The third-order valence-corrected chi connectivity index (χ3v) is 7.05. The van der Waals surface area contributed by atoms with Gasteiger partial charge in [-0.25, -0.2) is 18.6 Å². The molecule has 1 saturated heterocycles. The fourth-order valence-electron chi connectivity index (χ4n) is 5.27. The first-order valence-electron chi connectivity index (χ1n) is 11.3. The van der Waals surface area contributed by atoms with Gasteiger partial charge < -0.3 is 9.64 Å². The van der Waals surface area contributed by atoms with Gasteiger partial charge in [0.2, 0.25) is 5.69 Å².